The van der Waals surface area contributed by atoms with E-state index >= 15 is 0 Å². The number of carbonyl (C=O) groups is 2. The van der Waals surface area contributed by atoms with E-state index in [2.05, 4.69) is 54.8 Å². The molecule has 54 heavy (non-hydrogen) atoms. The molecule has 0 fully saturated rings. The van der Waals surface area contributed by atoms with Crippen LogP contribution in [0.2, 0.25) is 0 Å². The minimum absolute atomic E-state index is 0.227. The van der Waals surface area contributed by atoms with Gasteiger partial charge < -0.3 is 14.4 Å². The number of ether oxygens (including phenoxy) is 2. The van der Waals surface area contributed by atoms with Crippen LogP contribution in [0.25, 0.3) is 0 Å². The standard InChI is InChI=1S/C45H83O8P/c1-4-6-8-10-12-14-16-18-20-21-22-23-24-26-27-29-31-33-35-37-39-44(46)51-41-43(42-52-54(48,49)50-3)53-45(47)40-38-36-34-32-30-28-25-19-17-15-13-11-9-7-5-2/h7,9,13,15,19,25,43H,4-6,8,10-12,14,16-18,20-24,26-42H2,1-3H3,(H,48,49)/b9-7-,15-13-,25-19-. The number of hydrogen-bond acceptors (Lipinski definition) is 7. The van der Waals surface area contributed by atoms with E-state index in [0.717, 1.165) is 77.7 Å². The highest BCUT2D eigenvalue weighted by Gasteiger charge is 2.24. The monoisotopic (exact) mass is 783 g/mol. The molecule has 0 rings (SSSR count). The van der Waals surface area contributed by atoms with Crippen molar-refractivity contribution in [3.63, 3.8) is 0 Å². The summed E-state index contributed by atoms with van der Waals surface area (Å²) in [4.78, 5) is 34.5. The summed E-state index contributed by atoms with van der Waals surface area (Å²) < 4.78 is 32.0. The highest BCUT2D eigenvalue weighted by molar-refractivity contribution is 7.47. The van der Waals surface area contributed by atoms with Crippen molar-refractivity contribution in [1.82, 2.24) is 0 Å². The van der Waals surface area contributed by atoms with Crippen LogP contribution in [-0.4, -0.2) is 43.3 Å². The fourth-order valence-electron chi connectivity index (χ4n) is 6.26. The second-order valence-corrected chi connectivity index (χ2v) is 16.4. The maximum atomic E-state index is 12.5. The molecule has 0 spiro atoms. The van der Waals surface area contributed by atoms with Gasteiger partial charge in [-0.05, 0) is 44.9 Å². The third-order valence-corrected chi connectivity index (χ3v) is 10.6. The van der Waals surface area contributed by atoms with Gasteiger partial charge in [0.25, 0.3) is 0 Å². The van der Waals surface area contributed by atoms with Crippen molar-refractivity contribution < 1.29 is 37.6 Å². The molecule has 0 aromatic heterocycles. The Bertz CT molecular complexity index is 979. The number of carbonyl (C=O) groups excluding carboxylic acids is 2. The molecule has 0 aromatic rings. The molecule has 0 radical (unpaired) electrons. The minimum Gasteiger partial charge on any atom is -0.462 e. The summed E-state index contributed by atoms with van der Waals surface area (Å²) in [5.74, 6) is -0.816. The molecule has 9 heteroatoms. The summed E-state index contributed by atoms with van der Waals surface area (Å²) in [7, 11) is -3.20. The van der Waals surface area contributed by atoms with Crippen molar-refractivity contribution >= 4 is 19.8 Å². The molecule has 0 aliphatic heterocycles. The summed E-state index contributed by atoms with van der Waals surface area (Å²) in [5.41, 5.74) is 0. The van der Waals surface area contributed by atoms with Gasteiger partial charge in [0.2, 0.25) is 0 Å². The molecule has 0 aliphatic rings. The van der Waals surface area contributed by atoms with Crippen LogP contribution in [-0.2, 0) is 32.7 Å². The fraction of sp³-hybridized carbons (Fsp3) is 0.822. The van der Waals surface area contributed by atoms with Crippen LogP contribution < -0.4 is 0 Å². The fourth-order valence-corrected chi connectivity index (χ4v) is 6.72. The summed E-state index contributed by atoms with van der Waals surface area (Å²) in [6, 6.07) is 0. The Morgan fingerprint density at radius 3 is 1.41 bits per heavy atom. The Balaban J connectivity index is 3.95. The number of allylic oxidation sites excluding steroid dienone is 6. The van der Waals surface area contributed by atoms with Crippen molar-refractivity contribution in [2.45, 2.75) is 219 Å². The lowest BCUT2D eigenvalue weighted by atomic mass is 10.0. The Kier molecular flexibility index (Phi) is 39.6. The van der Waals surface area contributed by atoms with Crippen molar-refractivity contribution in [2.75, 3.05) is 20.3 Å². The molecule has 2 unspecified atom stereocenters. The van der Waals surface area contributed by atoms with E-state index < -0.39 is 26.5 Å². The van der Waals surface area contributed by atoms with Crippen LogP contribution in [0.4, 0.5) is 0 Å². The molecule has 0 heterocycles. The highest BCUT2D eigenvalue weighted by atomic mass is 31.2. The second kappa shape index (κ2) is 40.9. The minimum atomic E-state index is -4.26. The van der Waals surface area contributed by atoms with E-state index in [0.29, 0.717) is 12.8 Å². The predicted octanol–water partition coefficient (Wildman–Crippen LogP) is 14.0. The molecule has 1 N–H and O–H groups in total. The molecule has 0 bridgehead atoms. The molecule has 0 aromatic carbocycles. The van der Waals surface area contributed by atoms with Crippen LogP contribution in [0.1, 0.15) is 213 Å². The molecule has 0 aliphatic carbocycles. The topological polar surface area (TPSA) is 108 Å². The van der Waals surface area contributed by atoms with Crippen LogP contribution in [0.3, 0.4) is 0 Å². The number of hydrogen-bond donors (Lipinski definition) is 1. The van der Waals surface area contributed by atoms with Crippen molar-refractivity contribution in [2.24, 2.45) is 0 Å². The van der Waals surface area contributed by atoms with Gasteiger partial charge in [0.15, 0.2) is 6.10 Å². The van der Waals surface area contributed by atoms with Gasteiger partial charge in [-0.3, -0.25) is 18.6 Å². The normalized spacial score (nSPS) is 13.6. The smallest absolute Gasteiger partial charge is 0.462 e. The molecule has 0 saturated heterocycles. The van der Waals surface area contributed by atoms with E-state index in [1.165, 1.54) is 109 Å². The molecule has 8 nitrogen and oxygen atoms in total. The van der Waals surface area contributed by atoms with Crippen LogP contribution in [0.5, 0.6) is 0 Å². The Labute approximate surface area is 332 Å². The van der Waals surface area contributed by atoms with Gasteiger partial charge in [0, 0.05) is 20.0 Å². The van der Waals surface area contributed by atoms with Gasteiger partial charge >= 0.3 is 19.8 Å². The number of rotatable bonds is 41. The first-order valence-electron chi connectivity index (χ1n) is 22.2. The van der Waals surface area contributed by atoms with E-state index in [1.54, 1.807) is 0 Å². The van der Waals surface area contributed by atoms with E-state index in [4.69, 9.17) is 14.0 Å². The molecule has 0 amide bonds. The lowest BCUT2D eigenvalue weighted by molar-refractivity contribution is -0.161. The first kappa shape index (κ1) is 52.3. The number of unbranched alkanes of at least 4 members (excludes halogenated alkanes) is 24. The maximum Gasteiger partial charge on any atom is 0.472 e. The molecular weight excluding hydrogens is 699 g/mol. The van der Waals surface area contributed by atoms with Crippen LogP contribution in [0.15, 0.2) is 36.5 Å². The van der Waals surface area contributed by atoms with Gasteiger partial charge in [-0.15, -0.1) is 0 Å². The van der Waals surface area contributed by atoms with Crippen molar-refractivity contribution in [1.29, 1.82) is 0 Å². The quantitative estimate of drug-likeness (QED) is 0.0283. The summed E-state index contributed by atoms with van der Waals surface area (Å²) in [6.45, 7) is 3.78. The number of esters is 2. The molecule has 2 atom stereocenters. The Hall–Kier alpha value is -1.73. The average Bonchev–Trinajstić information content (AvgIpc) is 3.16. The zero-order valence-electron chi connectivity index (χ0n) is 35.1. The Morgan fingerprint density at radius 2 is 0.944 bits per heavy atom. The van der Waals surface area contributed by atoms with Gasteiger partial charge in [-0.2, -0.15) is 0 Å². The lowest BCUT2D eigenvalue weighted by Gasteiger charge is -2.19. The molecular formula is C45H83O8P. The van der Waals surface area contributed by atoms with E-state index in [-0.39, 0.29) is 19.0 Å². The second-order valence-electron chi connectivity index (χ2n) is 14.8. The van der Waals surface area contributed by atoms with Gasteiger partial charge in [0.05, 0.1) is 6.61 Å². The third kappa shape index (κ3) is 39.9. The van der Waals surface area contributed by atoms with E-state index in [1.807, 2.05) is 0 Å². The average molecular weight is 783 g/mol. The molecule has 316 valence electrons. The number of phosphoric acid groups is 1. The van der Waals surface area contributed by atoms with Crippen molar-refractivity contribution in [3.05, 3.63) is 36.5 Å². The van der Waals surface area contributed by atoms with Crippen LogP contribution in [0, 0.1) is 0 Å². The summed E-state index contributed by atoms with van der Waals surface area (Å²) in [5, 5.41) is 0. The van der Waals surface area contributed by atoms with E-state index in [9.17, 15) is 19.0 Å². The van der Waals surface area contributed by atoms with Gasteiger partial charge in [-0.1, -0.05) is 192 Å². The first-order chi connectivity index (χ1) is 26.3. The summed E-state index contributed by atoms with van der Waals surface area (Å²) in [6.07, 6.45) is 47.7. The first-order valence-corrected chi connectivity index (χ1v) is 23.7. The van der Waals surface area contributed by atoms with Gasteiger partial charge in [-0.25, -0.2) is 4.57 Å². The molecule has 0 saturated carbocycles. The highest BCUT2D eigenvalue weighted by Crippen LogP contribution is 2.42. The number of phosphoric ester groups is 1. The Morgan fingerprint density at radius 1 is 0.537 bits per heavy atom. The summed E-state index contributed by atoms with van der Waals surface area (Å²) >= 11 is 0. The lowest BCUT2D eigenvalue weighted by Crippen LogP contribution is -2.29. The van der Waals surface area contributed by atoms with Crippen molar-refractivity contribution in [3.8, 4) is 0 Å². The zero-order chi connectivity index (χ0) is 39.6. The van der Waals surface area contributed by atoms with Gasteiger partial charge in [0.1, 0.15) is 6.61 Å². The van der Waals surface area contributed by atoms with Crippen LogP contribution >= 0.6 is 7.82 Å². The largest absolute Gasteiger partial charge is 0.472 e. The zero-order valence-corrected chi connectivity index (χ0v) is 36.0. The predicted molar refractivity (Wildman–Crippen MR) is 226 cm³/mol. The maximum absolute atomic E-state index is 12.5. The third-order valence-electron chi connectivity index (χ3n) is 9.65. The SMILES string of the molecule is CC/C=C\C/C=C\C/C=C\CCCCCCCC(=O)OC(COC(=O)CCCCCCCCCCCCCCCCCCCCCC)COP(=O)(O)OC.